The van der Waals surface area contributed by atoms with Crippen molar-refractivity contribution in [2.45, 2.75) is 0 Å². The van der Waals surface area contributed by atoms with Crippen molar-refractivity contribution in [2.24, 2.45) is 0 Å². The van der Waals surface area contributed by atoms with Gasteiger partial charge >= 0.3 is 5.97 Å². The number of nitrogens with zero attached hydrogens (tertiary/aromatic N) is 3. The average molecular weight is 327 g/mol. The number of esters is 1. The maximum Gasteiger partial charge on any atom is 0.356 e. The molecule has 0 spiro atoms. The zero-order valence-corrected chi connectivity index (χ0v) is 13.4. The van der Waals surface area contributed by atoms with Crippen molar-refractivity contribution in [3.05, 3.63) is 77.9 Å². The molecule has 0 bridgehead atoms. The van der Waals surface area contributed by atoms with Gasteiger partial charge < -0.3 is 4.74 Å². The Morgan fingerprint density at radius 2 is 1.92 bits per heavy atom. The first-order valence-electron chi connectivity index (χ1n) is 7.68. The van der Waals surface area contributed by atoms with Crippen molar-refractivity contribution in [3.63, 3.8) is 0 Å². The van der Waals surface area contributed by atoms with E-state index in [1.807, 2.05) is 46.9 Å². The number of benzene rings is 1. The van der Waals surface area contributed by atoms with Gasteiger partial charge in [-0.25, -0.2) is 14.8 Å². The summed E-state index contributed by atoms with van der Waals surface area (Å²) in [5, 5.41) is 0.912. The first-order valence-corrected chi connectivity index (χ1v) is 7.68. The molecular formula is C20H13N3O2. The lowest BCUT2D eigenvalue weighted by Gasteiger charge is -2.00. The number of aromatic nitrogens is 3. The molecule has 5 heteroatoms. The highest BCUT2D eigenvalue weighted by molar-refractivity contribution is 5.96. The standard InChI is InChI=1S/C20H13N3O2/c1-25-20(24)17-12-18-15(10-9-14-6-3-2-4-7-14)16-8-5-11-21-19(16)23(18)13-22-17/h2-8,11-13H,1H3. The number of ether oxygens (including phenoxy) is 1. The van der Waals surface area contributed by atoms with Crippen LogP contribution in [0.1, 0.15) is 21.6 Å². The lowest BCUT2D eigenvalue weighted by atomic mass is 10.1. The fraction of sp³-hybridized carbons (Fsp3) is 0.0500. The quantitative estimate of drug-likeness (QED) is 0.398. The van der Waals surface area contributed by atoms with Gasteiger partial charge in [-0.1, -0.05) is 30.0 Å². The van der Waals surface area contributed by atoms with Crippen LogP contribution in [0.25, 0.3) is 16.6 Å². The van der Waals surface area contributed by atoms with Crippen LogP contribution in [0.2, 0.25) is 0 Å². The van der Waals surface area contributed by atoms with Gasteiger partial charge in [0.1, 0.15) is 12.0 Å². The summed E-state index contributed by atoms with van der Waals surface area (Å²) >= 11 is 0. The summed E-state index contributed by atoms with van der Waals surface area (Å²) in [6.45, 7) is 0. The fourth-order valence-corrected chi connectivity index (χ4v) is 2.71. The number of pyridine rings is 1. The molecule has 1 aromatic carbocycles. The number of hydrogen-bond acceptors (Lipinski definition) is 4. The van der Waals surface area contributed by atoms with E-state index in [0.29, 0.717) is 0 Å². The van der Waals surface area contributed by atoms with Crippen molar-refractivity contribution in [1.82, 2.24) is 14.4 Å². The van der Waals surface area contributed by atoms with Gasteiger partial charge in [0, 0.05) is 17.1 Å². The summed E-state index contributed by atoms with van der Waals surface area (Å²) in [5.41, 5.74) is 3.48. The molecule has 0 aliphatic carbocycles. The molecule has 0 fully saturated rings. The average Bonchev–Trinajstić information content (AvgIpc) is 2.99. The summed E-state index contributed by atoms with van der Waals surface area (Å²) in [7, 11) is 1.33. The van der Waals surface area contributed by atoms with E-state index in [1.54, 1.807) is 18.6 Å². The third-order valence-electron chi connectivity index (χ3n) is 3.89. The van der Waals surface area contributed by atoms with E-state index >= 15 is 0 Å². The monoisotopic (exact) mass is 327 g/mol. The second-order valence-corrected chi connectivity index (χ2v) is 5.39. The van der Waals surface area contributed by atoms with Crippen LogP contribution in [-0.4, -0.2) is 27.4 Å². The molecule has 0 saturated carbocycles. The number of fused-ring (bicyclic) bond motifs is 3. The van der Waals surface area contributed by atoms with Crippen LogP contribution >= 0.6 is 0 Å². The second-order valence-electron chi connectivity index (χ2n) is 5.39. The molecule has 25 heavy (non-hydrogen) atoms. The van der Waals surface area contributed by atoms with Crippen LogP contribution in [0.15, 0.2) is 61.1 Å². The fourth-order valence-electron chi connectivity index (χ4n) is 2.71. The predicted molar refractivity (Wildman–Crippen MR) is 94.3 cm³/mol. The summed E-state index contributed by atoms with van der Waals surface area (Å²) < 4.78 is 6.60. The molecule has 0 N–H and O–H groups in total. The van der Waals surface area contributed by atoms with Gasteiger partial charge in [-0.05, 0) is 30.3 Å². The first-order chi connectivity index (χ1) is 12.3. The van der Waals surface area contributed by atoms with Crippen molar-refractivity contribution in [1.29, 1.82) is 0 Å². The highest BCUT2D eigenvalue weighted by Crippen LogP contribution is 2.24. The summed E-state index contributed by atoms with van der Waals surface area (Å²) in [5.74, 6) is 5.90. The Hall–Kier alpha value is -3.65. The van der Waals surface area contributed by atoms with E-state index in [0.717, 1.165) is 27.7 Å². The minimum absolute atomic E-state index is 0.237. The third-order valence-corrected chi connectivity index (χ3v) is 3.89. The maximum absolute atomic E-state index is 11.8. The lowest BCUT2D eigenvalue weighted by molar-refractivity contribution is 0.0594. The van der Waals surface area contributed by atoms with E-state index in [2.05, 4.69) is 21.8 Å². The van der Waals surface area contributed by atoms with Crippen LogP contribution in [0.4, 0.5) is 0 Å². The van der Waals surface area contributed by atoms with Gasteiger partial charge in [-0.3, -0.25) is 4.40 Å². The van der Waals surface area contributed by atoms with Crippen LogP contribution in [0.3, 0.4) is 0 Å². The summed E-state index contributed by atoms with van der Waals surface area (Å²) in [4.78, 5) is 20.4. The zero-order chi connectivity index (χ0) is 17.2. The number of hydrogen-bond donors (Lipinski definition) is 0. The van der Waals surface area contributed by atoms with E-state index < -0.39 is 5.97 Å². The lowest BCUT2D eigenvalue weighted by Crippen LogP contribution is -2.05. The highest BCUT2D eigenvalue weighted by Gasteiger charge is 2.15. The molecule has 0 amide bonds. The largest absolute Gasteiger partial charge is 0.464 e. The van der Waals surface area contributed by atoms with Crippen molar-refractivity contribution in [2.75, 3.05) is 7.11 Å². The first kappa shape index (κ1) is 14.9. The molecule has 120 valence electrons. The molecule has 0 radical (unpaired) electrons. The Morgan fingerprint density at radius 3 is 2.72 bits per heavy atom. The minimum Gasteiger partial charge on any atom is -0.464 e. The molecule has 5 nitrogen and oxygen atoms in total. The number of methoxy groups -OCH3 is 1. The highest BCUT2D eigenvalue weighted by atomic mass is 16.5. The molecule has 0 atom stereocenters. The number of carbonyl (C=O) groups is 1. The van der Waals surface area contributed by atoms with E-state index in [-0.39, 0.29) is 5.69 Å². The molecule has 0 aliphatic rings. The Morgan fingerprint density at radius 1 is 1.08 bits per heavy atom. The SMILES string of the molecule is COC(=O)c1cc2c(C#Cc3ccccc3)c3cccnc3n2cn1. The van der Waals surface area contributed by atoms with Gasteiger partial charge in [-0.15, -0.1) is 0 Å². The molecule has 0 unspecified atom stereocenters. The summed E-state index contributed by atoms with van der Waals surface area (Å²) in [6, 6.07) is 15.3. The minimum atomic E-state index is -0.484. The Kier molecular flexibility index (Phi) is 3.64. The number of rotatable bonds is 1. The van der Waals surface area contributed by atoms with E-state index in [4.69, 9.17) is 4.74 Å². The van der Waals surface area contributed by atoms with Crippen LogP contribution in [0, 0.1) is 11.8 Å². The van der Waals surface area contributed by atoms with Gasteiger partial charge in [0.15, 0.2) is 5.69 Å². The third kappa shape index (κ3) is 2.60. The van der Waals surface area contributed by atoms with Crippen molar-refractivity contribution in [3.8, 4) is 11.8 Å². The van der Waals surface area contributed by atoms with Crippen molar-refractivity contribution >= 4 is 22.5 Å². The van der Waals surface area contributed by atoms with Crippen LogP contribution in [0.5, 0.6) is 0 Å². The Labute approximate surface area is 143 Å². The van der Waals surface area contributed by atoms with E-state index in [1.165, 1.54) is 7.11 Å². The molecule has 0 aliphatic heterocycles. The van der Waals surface area contributed by atoms with E-state index in [9.17, 15) is 4.79 Å². The van der Waals surface area contributed by atoms with Gasteiger partial charge in [-0.2, -0.15) is 0 Å². The smallest absolute Gasteiger partial charge is 0.356 e. The molecule has 3 heterocycles. The molecule has 3 aromatic heterocycles. The summed E-state index contributed by atoms with van der Waals surface area (Å²) in [6.07, 6.45) is 3.29. The molecule has 4 rings (SSSR count). The Balaban J connectivity index is 1.99. The number of carbonyl (C=O) groups excluding carboxylic acids is 1. The Bertz CT molecular complexity index is 1150. The topological polar surface area (TPSA) is 56.5 Å². The zero-order valence-electron chi connectivity index (χ0n) is 13.4. The van der Waals surface area contributed by atoms with Gasteiger partial charge in [0.2, 0.25) is 0 Å². The predicted octanol–water partition coefficient (Wildman–Crippen LogP) is 3.07. The van der Waals surface area contributed by atoms with Crippen molar-refractivity contribution < 1.29 is 9.53 Å². The normalized spacial score (nSPS) is 10.4. The van der Waals surface area contributed by atoms with Gasteiger partial charge in [0.25, 0.3) is 0 Å². The van der Waals surface area contributed by atoms with Crippen LogP contribution in [-0.2, 0) is 4.74 Å². The molecule has 4 aromatic rings. The van der Waals surface area contributed by atoms with Crippen LogP contribution < -0.4 is 0 Å². The van der Waals surface area contributed by atoms with Gasteiger partial charge in [0.05, 0.1) is 18.2 Å². The molecular weight excluding hydrogens is 314 g/mol. The molecule has 0 saturated heterocycles. The maximum atomic E-state index is 11.8. The second kappa shape index (κ2) is 6.10.